The van der Waals surface area contributed by atoms with Crippen LogP contribution in [0.2, 0.25) is 0 Å². The van der Waals surface area contributed by atoms with Gasteiger partial charge in [0.05, 0.1) is 28.8 Å². The molecule has 214 valence electrons. The summed E-state index contributed by atoms with van der Waals surface area (Å²) in [4.78, 5) is 7.17. The van der Waals surface area contributed by atoms with Crippen LogP contribution in [0.25, 0.3) is 33.6 Å². The lowest BCUT2D eigenvalue weighted by Crippen LogP contribution is -2.18. The van der Waals surface area contributed by atoms with E-state index in [9.17, 15) is 0 Å². The Balaban J connectivity index is 1.25. The Morgan fingerprint density at radius 1 is 0.545 bits per heavy atom. The summed E-state index contributed by atoms with van der Waals surface area (Å²) in [5.41, 5.74) is 12.2. The molecule has 1 aliphatic rings. The Morgan fingerprint density at radius 3 is 1.61 bits per heavy atom. The first-order chi connectivity index (χ1) is 21.6. The summed E-state index contributed by atoms with van der Waals surface area (Å²) >= 11 is 0. The average Bonchev–Trinajstić information content (AvgIpc) is 3.55. The standard InChI is InChI=1S/C40H34N4/c1-43(2)35-22-20-32(21-23-35)39-28-40(33-16-10-5-11-17-33)44(42-39)36-24-18-29(19-25-36)34-26-37(30-12-6-3-7-13-30)41-38(27-34)31-14-8-4-9-15-31/h3-27,40H,28H2,1-2H3. The Bertz CT molecular complexity index is 1820. The summed E-state index contributed by atoms with van der Waals surface area (Å²) < 4.78 is 0. The number of anilines is 2. The molecule has 0 saturated heterocycles. The van der Waals surface area contributed by atoms with E-state index in [4.69, 9.17) is 10.1 Å². The molecule has 1 aromatic heterocycles. The van der Waals surface area contributed by atoms with Gasteiger partial charge in [0.15, 0.2) is 0 Å². The Labute approximate surface area is 259 Å². The van der Waals surface area contributed by atoms with Gasteiger partial charge in [0, 0.05) is 37.3 Å². The molecule has 1 aliphatic heterocycles. The first kappa shape index (κ1) is 27.4. The molecule has 0 radical (unpaired) electrons. The maximum absolute atomic E-state index is 5.20. The Morgan fingerprint density at radius 2 is 1.07 bits per heavy atom. The lowest BCUT2D eigenvalue weighted by Gasteiger charge is -2.24. The molecule has 4 nitrogen and oxygen atoms in total. The highest BCUT2D eigenvalue weighted by atomic mass is 15.5. The fourth-order valence-electron chi connectivity index (χ4n) is 5.83. The van der Waals surface area contributed by atoms with Gasteiger partial charge in [0.25, 0.3) is 0 Å². The number of nitrogens with zero attached hydrogens (tertiary/aromatic N) is 4. The molecule has 0 spiro atoms. The van der Waals surface area contributed by atoms with Crippen molar-refractivity contribution in [2.75, 3.05) is 24.0 Å². The number of hydrazone groups is 1. The molecule has 44 heavy (non-hydrogen) atoms. The molecule has 1 unspecified atom stereocenters. The largest absolute Gasteiger partial charge is 0.378 e. The first-order valence-corrected chi connectivity index (χ1v) is 15.1. The summed E-state index contributed by atoms with van der Waals surface area (Å²) in [6.45, 7) is 0. The monoisotopic (exact) mass is 570 g/mol. The zero-order valence-electron chi connectivity index (χ0n) is 25.0. The van der Waals surface area contributed by atoms with Crippen LogP contribution in [0.4, 0.5) is 11.4 Å². The molecule has 0 aliphatic carbocycles. The molecule has 0 fully saturated rings. The Kier molecular flexibility index (Phi) is 7.47. The van der Waals surface area contributed by atoms with E-state index in [1.165, 1.54) is 11.3 Å². The number of rotatable bonds is 7. The second kappa shape index (κ2) is 12.0. The topological polar surface area (TPSA) is 31.7 Å². The molecule has 0 N–H and O–H groups in total. The van der Waals surface area contributed by atoms with Crippen LogP contribution in [-0.2, 0) is 0 Å². The minimum atomic E-state index is 0.126. The Hall–Kier alpha value is -5.48. The van der Waals surface area contributed by atoms with E-state index in [-0.39, 0.29) is 6.04 Å². The van der Waals surface area contributed by atoms with E-state index >= 15 is 0 Å². The number of hydrogen-bond donors (Lipinski definition) is 0. The summed E-state index contributed by atoms with van der Waals surface area (Å²) in [7, 11) is 4.13. The molecule has 0 saturated carbocycles. The lowest BCUT2D eigenvalue weighted by atomic mass is 9.97. The van der Waals surface area contributed by atoms with Gasteiger partial charge in [-0.25, -0.2) is 4.98 Å². The van der Waals surface area contributed by atoms with Crippen LogP contribution >= 0.6 is 0 Å². The number of aromatic nitrogens is 1. The van der Waals surface area contributed by atoms with Crippen molar-refractivity contribution >= 4 is 17.1 Å². The third-order valence-corrected chi connectivity index (χ3v) is 8.24. The normalized spacial score (nSPS) is 14.4. The molecule has 1 atom stereocenters. The van der Waals surface area contributed by atoms with Crippen LogP contribution < -0.4 is 9.91 Å². The molecule has 5 aromatic carbocycles. The van der Waals surface area contributed by atoms with Crippen LogP contribution in [-0.4, -0.2) is 24.8 Å². The third kappa shape index (κ3) is 5.62. The van der Waals surface area contributed by atoms with Gasteiger partial charge in [-0.05, 0) is 58.7 Å². The van der Waals surface area contributed by atoms with E-state index in [2.05, 4.69) is 164 Å². The van der Waals surface area contributed by atoms with Crippen LogP contribution in [0, 0.1) is 0 Å². The molecule has 0 amide bonds. The van der Waals surface area contributed by atoms with Gasteiger partial charge in [-0.3, -0.25) is 5.01 Å². The highest BCUT2D eigenvalue weighted by Crippen LogP contribution is 2.38. The zero-order chi connectivity index (χ0) is 29.9. The predicted molar refractivity (Wildman–Crippen MR) is 184 cm³/mol. The van der Waals surface area contributed by atoms with Crippen LogP contribution in [0.5, 0.6) is 0 Å². The van der Waals surface area contributed by atoms with Gasteiger partial charge < -0.3 is 4.90 Å². The minimum Gasteiger partial charge on any atom is -0.378 e. The fraction of sp³-hybridized carbons (Fsp3) is 0.100. The van der Waals surface area contributed by atoms with Crippen molar-refractivity contribution in [3.05, 3.63) is 163 Å². The van der Waals surface area contributed by atoms with E-state index in [0.717, 1.165) is 57.0 Å². The zero-order valence-corrected chi connectivity index (χ0v) is 25.0. The quantitative estimate of drug-likeness (QED) is 0.192. The average molecular weight is 571 g/mol. The summed E-state index contributed by atoms with van der Waals surface area (Å²) in [6.07, 6.45) is 0.846. The summed E-state index contributed by atoms with van der Waals surface area (Å²) in [6, 6.07) is 53.5. The van der Waals surface area contributed by atoms with Gasteiger partial charge in [-0.15, -0.1) is 0 Å². The van der Waals surface area contributed by atoms with Crippen molar-refractivity contribution in [1.82, 2.24) is 4.98 Å². The van der Waals surface area contributed by atoms with Crippen LogP contribution in [0.15, 0.2) is 157 Å². The van der Waals surface area contributed by atoms with E-state index < -0.39 is 0 Å². The second-order valence-electron chi connectivity index (χ2n) is 11.4. The summed E-state index contributed by atoms with van der Waals surface area (Å²) in [5, 5.41) is 7.38. The molecule has 4 heteroatoms. The highest BCUT2D eigenvalue weighted by Gasteiger charge is 2.30. The van der Waals surface area contributed by atoms with Crippen molar-refractivity contribution in [3.63, 3.8) is 0 Å². The van der Waals surface area contributed by atoms with Gasteiger partial charge in [0.1, 0.15) is 0 Å². The van der Waals surface area contributed by atoms with E-state index in [1.807, 2.05) is 12.1 Å². The molecule has 6 aromatic rings. The lowest BCUT2D eigenvalue weighted by molar-refractivity contribution is 0.709. The van der Waals surface area contributed by atoms with E-state index in [0.29, 0.717) is 0 Å². The molecular weight excluding hydrogens is 536 g/mol. The number of pyridine rings is 1. The van der Waals surface area contributed by atoms with Crippen LogP contribution in [0.1, 0.15) is 23.6 Å². The fourth-order valence-corrected chi connectivity index (χ4v) is 5.83. The van der Waals surface area contributed by atoms with Crippen molar-refractivity contribution < 1.29 is 0 Å². The van der Waals surface area contributed by atoms with Crippen molar-refractivity contribution in [2.45, 2.75) is 12.5 Å². The number of hydrogen-bond acceptors (Lipinski definition) is 4. The molecule has 2 heterocycles. The predicted octanol–water partition coefficient (Wildman–Crippen LogP) is 9.50. The maximum Gasteiger partial charge on any atom is 0.0831 e. The minimum absolute atomic E-state index is 0.126. The second-order valence-corrected chi connectivity index (χ2v) is 11.4. The van der Waals surface area contributed by atoms with Crippen molar-refractivity contribution in [3.8, 4) is 33.6 Å². The molecule has 0 bridgehead atoms. The van der Waals surface area contributed by atoms with Crippen molar-refractivity contribution in [2.24, 2.45) is 5.10 Å². The first-order valence-electron chi connectivity index (χ1n) is 15.1. The summed E-state index contributed by atoms with van der Waals surface area (Å²) in [5.74, 6) is 0. The van der Waals surface area contributed by atoms with Gasteiger partial charge >= 0.3 is 0 Å². The van der Waals surface area contributed by atoms with E-state index in [1.54, 1.807) is 0 Å². The van der Waals surface area contributed by atoms with Crippen molar-refractivity contribution in [1.29, 1.82) is 0 Å². The molecule has 7 rings (SSSR count). The highest BCUT2D eigenvalue weighted by molar-refractivity contribution is 6.03. The van der Waals surface area contributed by atoms with Gasteiger partial charge in [-0.2, -0.15) is 5.10 Å². The molecular formula is C40H34N4. The maximum atomic E-state index is 5.20. The van der Waals surface area contributed by atoms with Gasteiger partial charge in [-0.1, -0.05) is 115 Å². The van der Waals surface area contributed by atoms with Crippen LogP contribution in [0.3, 0.4) is 0 Å². The number of benzene rings is 5. The van der Waals surface area contributed by atoms with Gasteiger partial charge in [0.2, 0.25) is 0 Å². The third-order valence-electron chi connectivity index (χ3n) is 8.24. The smallest absolute Gasteiger partial charge is 0.0831 e. The SMILES string of the molecule is CN(C)c1ccc(C2=NN(c3ccc(-c4cc(-c5ccccc5)nc(-c5ccccc5)c4)cc3)C(c3ccccc3)C2)cc1.